The third kappa shape index (κ3) is 5.28. The van der Waals surface area contributed by atoms with Gasteiger partial charge in [0.15, 0.2) is 0 Å². The number of halogens is 1. The van der Waals surface area contributed by atoms with Crippen LogP contribution >= 0.6 is 12.4 Å². The van der Waals surface area contributed by atoms with Crippen LogP contribution in [0.1, 0.15) is 52.8 Å². The maximum absolute atomic E-state index is 13.1. The van der Waals surface area contributed by atoms with Gasteiger partial charge in [0.05, 0.1) is 0 Å². The molecule has 2 aromatic carbocycles. The first-order valence-electron chi connectivity index (χ1n) is 11.0. The van der Waals surface area contributed by atoms with Gasteiger partial charge in [-0.3, -0.25) is 9.59 Å². The van der Waals surface area contributed by atoms with Crippen LogP contribution in [0.5, 0.6) is 0 Å². The molecule has 0 bridgehead atoms. The molecule has 0 aromatic heterocycles. The van der Waals surface area contributed by atoms with Gasteiger partial charge in [-0.2, -0.15) is 0 Å². The highest BCUT2D eigenvalue weighted by Gasteiger charge is 2.31. The van der Waals surface area contributed by atoms with Crippen molar-refractivity contribution in [1.29, 1.82) is 0 Å². The Kier molecular flexibility index (Phi) is 7.74. The van der Waals surface area contributed by atoms with Crippen molar-refractivity contribution in [2.24, 2.45) is 0 Å². The fourth-order valence-electron chi connectivity index (χ4n) is 4.67. The first-order valence-corrected chi connectivity index (χ1v) is 11.0. The van der Waals surface area contributed by atoms with Crippen molar-refractivity contribution in [3.05, 3.63) is 59.7 Å². The van der Waals surface area contributed by atoms with Gasteiger partial charge in [0, 0.05) is 43.9 Å². The van der Waals surface area contributed by atoms with E-state index in [1.807, 2.05) is 48.5 Å². The zero-order chi connectivity index (χ0) is 21.1. The molecule has 2 fully saturated rings. The number of nitrogens with one attached hydrogen (secondary N) is 1. The van der Waals surface area contributed by atoms with Crippen molar-refractivity contribution in [2.45, 2.75) is 44.2 Å². The molecule has 31 heavy (non-hydrogen) atoms. The molecule has 1 unspecified atom stereocenters. The van der Waals surface area contributed by atoms with E-state index in [1.165, 1.54) is 12.8 Å². The third-order valence-corrected chi connectivity index (χ3v) is 6.36. The smallest absolute Gasteiger partial charge is 0.254 e. The second-order valence-electron chi connectivity index (χ2n) is 8.68. The quantitative estimate of drug-likeness (QED) is 0.755. The van der Waals surface area contributed by atoms with Gasteiger partial charge in [0.2, 0.25) is 0 Å². The van der Waals surface area contributed by atoms with Crippen molar-refractivity contribution in [1.82, 2.24) is 15.1 Å². The van der Waals surface area contributed by atoms with E-state index < -0.39 is 0 Å². The molecule has 2 aromatic rings. The summed E-state index contributed by atoms with van der Waals surface area (Å²) in [7, 11) is 3.50. The number of likely N-dealkylation sites (tertiary alicyclic amines) is 1. The van der Waals surface area contributed by atoms with E-state index >= 15 is 0 Å². The molecule has 2 aliphatic rings. The van der Waals surface area contributed by atoms with Crippen LogP contribution in [0.25, 0.3) is 11.1 Å². The maximum Gasteiger partial charge on any atom is 0.254 e. The maximum atomic E-state index is 13.1. The van der Waals surface area contributed by atoms with Gasteiger partial charge in [0.25, 0.3) is 11.8 Å². The van der Waals surface area contributed by atoms with E-state index in [9.17, 15) is 9.59 Å². The Hall–Kier alpha value is -2.37. The standard InChI is InChI=1S/C25H31N3O2.ClH/c1-27(2)24(29)20-11-7-18(8-12-20)19-9-13-21(14-10-19)25(30)28-16-4-6-23(28)17-22-5-3-15-26-22;/h7-14,22-23,26H,3-6,15-17H2,1-2H3;1H/t22?,23-;/m0./s1. The Morgan fingerprint density at radius 3 is 2.10 bits per heavy atom. The Morgan fingerprint density at radius 1 is 0.935 bits per heavy atom. The molecule has 0 saturated carbocycles. The molecule has 2 atom stereocenters. The van der Waals surface area contributed by atoms with Gasteiger partial charge >= 0.3 is 0 Å². The molecule has 0 aliphatic carbocycles. The van der Waals surface area contributed by atoms with Crippen LogP contribution in [0.15, 0.2) is 48.5 Å². The molecule has 2 heterocycles. The van der Waals surface area contributed by atoms with Crippen LogP contribution in [0.2, 0.25) is 0 Å². The predicted molar refractivity (Wildman–Crippen MR) is 127 cm³/mol. The van der Waals surface area contributed by atoms with Gasteiger partial charge in [-0.05, 0) is 74.0 Å². The Labute approximate surface area is 191 Å². The monoisotopic (exact) mass is 441 g/mol. The average Bonchev–Trinajstić information content (AvgIpc) is 3.45. The molecule has 2 aliphatic heterocycles. The minimum atomic E-state index is -0.00420. The summed E-state index contributed by atoms with van der Waals surface area (Å²) in [6.07, 6.45) is 5.75. The highest BCUT2D eigenvalue weighted by molar-refractivity contribution is 5.96. The molecule has 166 valence electrons. The number of carbonyl (C=O) groups is 2. The van der Waals surface area contributed by atoms with Crippen molar-refractivity contribution in [3.8, 4) is 11.1 Å². The average molecular weight is 442 g/mol. The molecule has 0 radical (unpaired) electrons. The fraction of sp³-hybridized carbons (Fsp3) is 0.440. The van der Waals surface area contributed by atoms with Gasteiger partial charge < -0.3 is 15.1 Å². The fourth-order valence-corrected chi connectivity index (χ4v) is 4.67. The Balaban J connectivity index is 0.00000272. The summed E-state index contributed by atoms with van der Waals surface area (Å²) in [6.45, 7) is 1.97. The van der Waals surface area contributed by atoms with Crippen molar-refractivity contribution in [3.63, 3.8) is 0 Å². The molecule has 2 amide bonds. The lowest BCUT2D eigenvalue weighted by molar-refractivity contribution is 0.0724. The van der Waals surface area contributed by atoms with Crippen molar-refractivity contribution < 1.29 is 9.59 Å². The normalized spacial score (nSPS) is 20.4. The minimum Gasteiger partial charge on any atom is -0.345 e. The van der Waals surface area contributed by atoms with Gasteiger partial charge in [-0.25, -0.2) is 0 Å². The van der Waals surface area contributed by atoms with Crippen LogP contribution in [0.3, 0.4) is 0 Å². The topological polar surface area (TPSA) is 52.7 Å². The molecular weight excluding hydrogens is 410 g/mol. The molecule has 0 spiro atoms. The van der Waals surface area contributed by atoms with E-state index in [0.717, 1.165) is 49.0 Å². The summed E-state index contributed by atoms with van der Waals surface area (Å²) in [4.78, 5) is 28.8. The second-order valence-corrected chi connectivity index (χ2v) is 8.68. The summed E-state index contributed by atoms with van der Waals surface area (Å²) >= 11 is 0. The summed E-state index contributed by atoms with van der Waals surface area (Å²) in [5.41, 5.74) is 3.51. The first kappa shape index (κ1) is 23.3. The van der Waals surface area contributed by atoms with Crippen LogP contribution in [0, 0.1) is 0 Å². The Bertz CT molecular complexity index is 890. The number of hydrogen-bond acceptors (Lipinski definition) is 3. The highest BCUT2D eigenvalue weighted by Crippen LogP contribution is 2.27. The van der Waals surface area contributed by atoms with E-state index in [4.69, 9.17) is 0 Å². The Morgan fingerprint density at radius 2 is 1.55 bits per heavy atom. The summed E-state index contributed by atoms with van der Waals surface area (Å²) in [6, 6.07) is 16.4. The van der Waals surface area contributed by atoms with E-state index in [1.54, 1.807) is 19.0 Å². The van der Waals surface area contributed by atoms with Crippen LogP contribution in [-0.2, 0) is 0 Å². The minimum absolute atomic E-state index is 0. The molecule has 4 rings (SSSR count). The number of benzene rings is 2. The van der Waals surface area contributed by atoms with Crippen LogP contribution in [-0.4, -0.2) is 60.9 Å². The van der Waals surface area contributed by atoms with Crippen molar-refractivity contribution in [2.75, 3.05) is 27.2 Å². The summed E-state index contributed by atoms with van der Waals surface area (Å²) < 4.78 is 0. The van der Waals surface area contributed by atoms with Gasteiger partial charge in [-0.1, -0.05) is 24.3 Å². The van der Waals surface area contributed by atoms with E-state index in [2.05, 4.69) is 10.2 Å². The van der Waals surface area contributed by atoms with Gasteiger partial charge in [0.1, 0.15) is 0 Å². The van der Waals surface area contributed by atoms with Gasteiger partial charge in [-0.15, -0.1) is 12.4 Å². The van der Waals surface area contributed by atoms with Crippen LogP contribution < -0.4 is 5.32 Å². The van der Waals surface area contributed by atoms with Crippen molar-refractivity contribution >= 4 is 24.2 Å². The number of hydrogen-bond donors (Lipinski definition) is 1. The predicted octanol–water partition coefficient (Wildman–Crippen LogP) is 4.22. The lowest BCUT2D eigenvalue weighted by Gasteiger charge is -2.27. The molecule has 5 nitrogen and oxygen atoms in total. The SMILES string of the molecule is CN(C)C(=O)c1ccc(-c2ccc(C(=O)N3CCC[C@H]3CC3CCCN3)cc2)cc1.Cl. The summed E-state index contributed by atoms with van der Waals surface area (Å²) in [5.74, 6) is 0.143. The largest absolute Gasteiger partial charge is 0.345 e. The number of amides is 2. The number of nitrogens with zero attached hydrogens (tertiary/aromatic N) is 2. The zero-order valence-electron chi connectivity index (χ0n) is 18.3. The number of rotatable bonds is 5. The molecular formula is C25H32ClN3O2. The zero-order valence-corrected chi connectivity index (χ0v) is 19.2. The second kappa shape index (κ2) is 10.3. The number of carbonyl (C=O) groups excluding carboxylic acids is 2. The summed E-state index contributed by atoms with van der Waals surface area (Å²) in [5, 5.41) is 3.56. The first-order chi connectivity index (χ1) is 14.5. The molecule has 2 saturated heterocycles. The van der Waals surface area contributed by atoms with E-state index in [-0.39, 0.29) is 24.2 Å². The third-order valence-electron chi connectivity index (χ3n) is 6.36. The lowest BCUT2D eigenvalue weighted by atomic mass is 10.0. The highest BCUT2D eigenvalue weighted by atomic mass is 35.5. The van der Waals surface area contributed by atoms with E-state index in [0.29, 0.717) is 17.6 Å². The molecule has 1 N–H and O–H groups in total. The molecule has 6 heteroatoms. The van der Waals surface area contributed by atoms with Crippen LogP contribution in [0.4, 0.5) is 0 Å². The lowest BCUT2D eigenvalue weighted by Crippen LogP contribution is -2.39.